The maximum Gasteiger partial charge on any atom is 0.276 e. The first-order chi connectivity index (χ1) is 18.1. The molecule has 2 bridgehead atoms. The number of fused-ring (bicyclic) bond motifs is 3. The van der Waals surface area contributed by atoms with Crippen molar-refractivity contribution in [3.05, 3.63) is 30.5 Å². The summed E-state index contributed by atoms with van der Waals surface area (Å²) in [5.74, 6) is 1.79. The number of hydrogen-bond acceptors (Lipinski definition) is 10. The number of benzene rings is 1. The van der Waals surface area contributed by atoms with E-state index in [-0.39, 0.29) is 23.9 Å². The van der Waals surface area contributed by atoms with Crippen molar-refractivity contribution in [3.63, 3.8) is 0 Å². The van der Waals surface area contributed by atoms with E-state index in [1.54, 1.807) is 24.4 Å². The Kier molecular flexibility index (Phi) is 5.53. The van der Waals surface area contributed by atoms with Gasteiger partial charge in [-0.05, 0) is 44.2 Å². The van der Waals surface area contributed by atoms with Crippen LogP contribution in [0.1, 0.15) is 38.5 Å². The van der Waals surface area contributed by atoms with Gasteiger partial charge < -0.3 is 24.8 Å². The van der Waals surface area contributed by atoms with Gasteiger partial charge in [0.15, 0.2) is 17.4 Å². The molecule has 37 heavy (non-hydrogen) atoms. The van der Waals surface area contributed by atoms with Crippen LogP contribution in [0.25, 0.3) is 22.6 Å². The van der Waals surface area contributed by atoms with Gasteiger partial charge in [0, 0.05) is 29.8 Å². The zero-order chi connectivity index (χ0) is 24.9. The third-order valence-electron chi connectivity index (χ3n) is 7.75. The number of hydrogen-bond donors (Lipinski definition) is 2. The quantitative estimate of drug-likeness (QED) is 0.536. The minimum atomic E-state index is -0.945. The van der Waals surface area contributed by atoms with Gasteiger partial charge >= 0.3 is 0 Å². The Morgan fingerprint density at radius 2 is 1.89 bits per heavy atom. The summed E-state index contributed by atoms with van der Waals surface area (Å²) >= 11 is 0. The van der Waals surface area contributed by atoms with E-state index in [1.807, 2.05) is 6.07 Å². The number of phenols is 1. The molecule has 1 aliphatic carbocycles. The normalized spacial score (nSPS) is 26.5. The van der Waals surface area contributed by atoms with E-state index >= 15 is 4.39 Å². The van der Waals surface area contributed by atoms with Crippen LogP contribution in [0.15, 0.2) is 30.5 Å². The molecule has 2 N–H and O–H groups in total. The van der Waals surface area contributed by atoms with Gasteiger partial charge in [0.1, 0.15) is 25.1 Å². The monoisotopic (exact) mass is 505 g/mol. The summed E-state index contributed by atoms with van der Waals surface area (Å²) in [6.45, 7) is 0.890. The number of halogens is 1. The van der Waals surface area contributed by atoms with Crippen molar-refractivity contribution in [2.24, 2.45) is 0 Å². The Bertz CT molecular complexity index is 1310. The lowest BCUT2D eigenvalue weighted by Crippen LogP contribution is -2.62. The molecule has 2 saturated heterocycles. The van der Waals surface area contributed by atoms with Gasteiger partial charge in [-0.1, -0.05) is 12.5 Å². The maximum atomic E-state index is 15.5. The highest BCUT2D eigenvalue weighted by atomic mass is 19.1. The van der Waals surface area contributed by atoms with Gasteiger partial charge in [-0.25, -0.2) is 9.37 Å². The Balaban J connectivity index is 1.13. The van der Waals surface area contributed by atoms with E-state index in [1.165, 1.54) is 0 Å². The number of anilines is 1. The molecule has 0 unspecified atom stereocenters. The molecule has 0 spiro atoms. The molecule has 1 saturated carbocycles. The fourth-order valence-electron chi connectivity index (χ4n) is 5.82. The van der Waals surface area contributed by atoms with Gasteiger partial charge in [-0.2, -0.15) is 0 Å². The first-order valence-electron chi connectivity index (χ1n) is 13.0. The van der Waals surface area contributed by atoms with Gasteiger partial charge in [0.05, 0.1) is 23.5 Å². The van der Waals surface area contributed by atoms with E-state index in [9.17, 15) is 5.11 Å². The summed E-state index contributed by atoms with van der Waals surface area (Å²) < 4.78 is 26.5. The number of nitrogens with one attached hydrogen (secondary N) is 1. The predicted octanol–water partition coefficient (Wildman–Crippen LogP) is 3.06. The fourth-order valence-corrected chi connectivity index (χ4v) is 5.82. The number of alkyl halides is 1. The van der Waals surface area contributed by atoms with Crippen LogP contribution in [0.4, 0.5) is 10.2 Å². The average Bonchev–Trinajstić information content (AvgIpc) is 3.77. The van der Waals surface area contributed by atoms with E-state index in [0.29, 0.717) is 59.3 Å². The second-order valence-electron chi connectivity index (χ2n) is 10.3. The molecule has 4 aliphatic rings. The van der Waals surface area contributed by atoms with Crippen molar-refractivity contribution in [3.8, 4) is 40.0 Å². The molecule has 4 atom stereocenters. The topological polar surface area (TPSA) is 118 Å². The fraction of sp³-hybridized carbons (Fsp3) is 0.500. The lowest BCUT2D eigenvalue weighted by molar-refractivity contribution is 0.104. The Hall–Kier alpha value is -3.60. The number of ether oxygens (including phenoxy) is 2. The third kappa shape index (κ3) is 4.20. The van der Waals surface area contributed by atoms with Crippen LogP contribution in [0.3, 0.4) is 0 Å². The minimum absolute atomic E-state index is 0.00205. The smallest absolute Gasteiger partial charge is 0.276 e. The molecule has 3 fully saturated rings. The van der Waals surface area contributed by atoms with E-state index in [4.69, 9.17) is 9.47 Å². The number of nitrogens with zero attached hydrogens (tertiary/aromatic N) is 6. The average molecular weight is 506 g/mol. The molecule has 7 rings (SSSR count). The molecule has 3 aliphatic heterocycles. The number of rotatable bonds is 5. The van der Waals surface area contributed by atoms with E-state index in [0.717, 1.165) is 38.5 Å². The van der Waals surface area contributed by atoms with Crippen LogP contribution in [0, 0.1) is 0 Å². The first kappa shape index (κ1) is 22.6. The largest absolute Gasteiger partial charge is 0.507 e. The van der Waals surface area contributed by atoms with Crippen molar-refractivity contribution in [2.75, 3.05) is 18.1 Å². The summed E-state index contributed by atoms with van der Waals surface area (Å²) in [6, 6.07) is 7.19. The number of phenolic OH excluding ortho intramolecular Hbond substituents is 1. The van der Waals surface area contributed by atoms with Gasteiger partial charge in [-0.3, -0.25) is 0 Å². The SMILES string of the molecule is Oc1cc(-c2cc3c(nn2)OCCO3)ccc1-c1ncc(N(C2CC2)[C@H]2C[C@@H]3CCC[C@H](N3)[C@H]2F)nn1. The highest BCUT2D eigenvalue weighted by Gasteiger charge is 2.46. The first-order valence-corrected chi connectivity index (χ1v) is 13.0. The Labute approximate surface area is 213 Å². The highest BCUT2D eigenvalue weighted by Crippen LogP contribution is 2.40. The van der Waals surface area contributed by atoms with Crippen molar-refractivity contribution < 1.29 is 19.0 Å². The number of piperidine rings is 2. The molecular formula is C26H28FN7O3. The molecule has 1 aromatic carbocycles. The highest BCUT2D eigenvalue weighted by molar-refractivity contribution is 5.72. The minimum Gasteiger partial charge on any atom is -0.507 e. The van der Waals surface area contributed by atoms with Crippen LogP contribution in [0.5, 0.6) is 17.4 Å². The van der Waals surface area contributed by atoms with Crippen LogP contribution in [-0.2, 0) is 0 Å². The van der Waals surface area contributed by atoms with Crippen LogP contribution < -0.4 is 19.7 Å². The molecule has 2 aromatic heterocycles. The molecule has 5 heterocycles. The van der Waals surface area contributed by atoms with Gasteiger partial charge in [0.2, 0.25) is 0 Å². The van der Waals surface area contributed by atoms with Crippen LogP contribution >= 0.6 is 0 Å². The zero-order valence-corrected chi connectivity index (χ0v) is 20.3. The Morgan fingerprint density at radius 1 is 1.00 bits per heavy atom. The van der Waals surface area contributed by atoms with Gasteiger partial charge in [0.25, 0.3) is 5.88 Å². The molecule has 3 aromatic rings. The maximum absolute atomic E-state index is 15.5. The van der Waals surface area contributed by atoms with Gasteiger partial charge in [-0.15, -0.1) is 20.4 Å². The number of aromatic nitrogens is 5. The molecule has 0 amide bonds. The van der Waals surface area contributed by atoms with Crippen molar-refractivity contribution in [1.29, 1.82) is 0 Å². The predicted molar refractivity (Wildman–Crippen MR) is 132 cm³/mol. The second kappa shape index (κ2) is 9.05. The molecular weight excluding hydrogens is 477 g/mol. The van der Waals surface area contributed by atoms with Crippen molar-refractivity contribution >= 4 is 5.82 Å². The second-order valence-corrected chi connectivity index (χ2v) is 10.3. The molecule has 10 nitrogen and oxygen atoms in total. The summed E-state index contributed by atoms with van der Waals surface area (Å²) in [7, 11) is 0. The van der Waals surface area contributed by atoms with Crippen LogP contribution in [-0.4, -0.2) is 74.0 Å². The number of aromatic hydroxyl groups is 1. The lowest BCUT2D eigenvalue weighted by atomic mass is 9.82. The summed E-state index contributed by atoms with van der Waals surface area (Å²) in [4.78, 5) is 6.63. The molecule has 11 heteroatoms. The van der Waals surface area contributed by atoms with Crippen LogP contribution in [0.2, 0.25) is 0 Å². The zero-order valence-electron chi connectivity index (χ0n) is 20.3. The summed E-state index contributed by atoms with van der Waals surface area (Å²) in [5.41, 5.74) is 1.67. The summed E-state index contributed by atoms with van der Waals surface area (Å²) in [6.07, 6.45) is 6.59. The van der Waals surface area contributed by atoms with Crippen molar-refractivity contribution in [1.82, 2.24) is 30.7 Å². The molecule has 192 valence electrons. The van der Waals surface area contributed by atoms with Crippen molar-refractivity contribution in [2.45, 2.75) is 68.9 Å². The summed E-state index contributed by atoms with van der Waals surface area (Å²) in [5, 5.41) is 31.3. The lowest BCUT2D eigenvalue weighted by Gasteiger charge is -2.47. The third-order valence-corrected chi connectivity index (χ3v) is 7.75. The van der Waals surface area contributed by atoms with E-state index < -0.39 is 6.17 Å². The Morgan fingerprint density at radius 3 is 2.70 bits per heavy atom. The van der Waals surface area contributed by atoms with E-state index in [2.05, 4.69) is 35.6 Å². The standard InChI is InChI=1S/C26H28FN7O3/c27-24-18-3-1-2-15(29-18)11-20(24)34(16-5-6-16)23-13-28-25(32-31-23)17-7-4-14(10-21(17)35)19-12-22-26(33-30-19)37-9-8-36-22/h4,7,10,12-13,15-16,18,20,24,29,35H,1-3,5-6,8-9,11H2/t15-,18-,20-,24+/m0/s1. The molecule has 0 radical (unpaired) electrons.